The number of carbonyl (C=O) groups is 2. The van der Waals surface area contributed by atoms with Gasteiger partial charge in [0, 0.05) is 11.3 Å². The van der Waals surface area contributed by atoms with E-state index in [0.717, 1.165) is 19.3 Å². The van der Waals surface area contributed by atoms with Crippen LogP contribution >= 0.6 is 0 Å². The predicted molar refractivity (Wildman–Crippen MR) is 102 cm³/mol. The van der Waals surface area contributed by atoms with Gasteiger partial charge in [0.1, 0.15) is 6.54 Å². The van der Waals surface area contributed by atoms with Crippen LogP contribution in [0.25, 0.3) is 0 Å². The van der Waals surface area contributed by atoms with E-state index in [9.17, 15) is 18.0 Å². The zero-order chi connectivity index (χ0) is 19.9. The van der Waals surface area contributed by atoms with Crippen LogP contribution in [0.1, 0.15) is 35.7 Å². The molecule has 0 spiro atoms. The second-order valence-corrected chi connectivity index (χ2v) is 7.76. The second-order valence-electron chi connectivity index (χ2n) is 6.00. The molecule has 0 fully saturated rings. The highest BCUT2D eigenvalue weighted by Gasteiger charge is 2.15. The van der Waals surface area contributed by atoms with E-state index in [-0.39, 0.29) is 10.8 Å². The van der Waals surface area contributed by atoms with Gasteiger partial charge in [-0.25, -0.2) is 8.42 Å². The number of anilines is 1. The molecular weight excluding hydrogens is 368 g/mol. The lowest BCUT2D eigenvalue weighted by atomic mass is 10.1. The molecule has 0 aliphatic rings. The fraction of sp³-hybridized carbons (Fsp3) is 0.263. The van der Waals surface area contributed by atoms with E-state index in [2.05, 4.69) is 12.2 Å². The summed E-state index contributed by atoms with van der Waals surface area (Å²) in [7, 11) is -3.91. The Morgan fingerprint density at radius 2 is 1.63 bits per heavy atom. The van der Waals surface area contributed by atoms with Gasteiger partial charge in [-0.05, 0) is 54.8 Å². The zero-order valence-corrected chi connectivity index (χ0v) is 15.8. The summed E-state index contributed by atoms with van der Waals surface area (Å²) in [6, 6.07) is 12.9. The van der Waals surface area contributed by atoms with Crippen LogP contribution in [-0.4, -0.2) is 31.9 Å². The SMILES string of the molecule is CCCCc1ccc(C(=O)Nc2ccc(S(=O)(=O)NCC(=O)O)cc2)cc1. The summed E-state index contributed by atoms with van der Waals surface area (Å²) < 4.78 is 25.8. The molecule has 0 aromatic heterocycles. The lowest BCUT2D eigenvalue weighted by Gasteiger charge is -2.08. The number of hydrogen-bond donors (Lipinski definition) is 3. The van der Waals surface area contributed by atoms with E-state index in [1.54, 1.807) is 12.1 Å². The van der Waals surface area contributed by atoms with Gasteiger partial charge in [0.2, 0.25) is 10.0 Å². The molecule has 3 N–H and O–H groups in total. The fourth-order valence-corrected chi connectivity index (χ4v) is 3.34. The van der Waals surface area contributed by atoms with E-state index in [1.807, 2.05) is 16.9 Å². The highest BCUT2D eigenvalue weighted by molar-refractivity contribution is 7.89. The molecule has 1 amide bonds. The number of aliphatic carboxylic acids is 1. The molecule has 0 unspecified atom stereocenters. The Hall–Kier alpha value is -2.71. The Morgan fingerprint density at radius 3 is 2.19 bits per heavy atom. The minimum Gasteiger partial charge on any atom is -0.480 e. The number of nitrogens with one attached hydrogen (secondary N) is 2. The first-order valence-electron chi connectivity index (χ1n) is 8.53. The largest absolute Gasteiger partial charge is 0.480 e. The van der Waals surface area contributed by atoms with Crippen LogP contribution in [0.4, 0.5) is 5.69 Å². The Morgan fingerprint density at radius 1 is 1.00 bits per heavy atom. The number of benzene rings is 2. The standard InChI is InChI=1S/C19H22N2O5S/c1-2-3-4-14-5-7-15(8-6-14)19(24)21-16-9-11-17(12-10-16)27(25,26)20-13-18(22)23/h5-12,20H,2-4,13H2,1H3,(H,21,24)(H,22,23). The van der Waals surface area contributed by atoms with Gasteiger partial charge in [-0.1, -0.05) is 25.5 Å². The van der Waals surface area contributed by atoms with Gasteiger partial charge in [-0.2, -0.15) is 4.72 Å². The monoisotopic (exact) mass is 390 g/mol. The molecule has 0 radical (unpaired) electrons. The molecule has 8 heteroatoms. The van der Waals surface area contributed by atoms with Crippen molar-refractivity contribution < 1.29 is 23.1 Å². The van der Waals surface area contributed by atoms with Crippen molar-refractivity contribution in [3.05, 3.63) is 59.7 Å². The van der Waals surface area contributed by atoms with Crippen LogP contribution in [0.5, 0.6) is 0 Å². The molecule has 144 valence electrons. The van der Waals surface area contributed by atoms with Gasteiger partial charge in [0.25, 0.3) is 5.91 Å². The van der Waals surface area contributed by atoms with Crippen molar-refractivity contribution in [2.45, 2.75) is 31.1 Å². The van der Waals surface area contributed by atoms with E-state index in [1.165, 1.54) is 29.8 Å². The summed E-state index contributed by atoms with van der Waals surface area (Å²) in [5.41, 5.74) is 2.12. The highest BCUT2D eigenvalue weighted by atomic mass is 32.2. The normalized spacial score (nSPS) is 11.1. The fourth-order valence-electron chi connectivity index (χ4n) is 2.36. The molecular formula is C19H22N2O5S. The molecule has 2 rings (SSSR count). The summed E-state index contributed by atoms with van der Waals surface area (Å²) >= 11 is 0. The molecule has 2 aromatic rings. The lowest BCUT2D eigenvalue weighted by Crippen LogP contribution is -2.29. The Balaban J connectivity index is 2.01. The molecule has 0 aliphatic heterocycles. The molecule has 0 saturated carbocycles. The minimum atomic E-state index is -3.91. The van der Waals surface area contributed by atoms with Gasteiger partial charge in [-0.3, -0.25) is 9.59 Å². The molecule has 7 nitrogen and oxygen atoms in total. The quantitative estimate of drug-likeness (QED) is 0.609. The van der Waals surface area contributed by atoms with Gasteiger partial charge >= 0.3 is 5.97 Å². The average Bonchev–Trinajstić information content (AvgIpc) is 2.65. The van der Waals surface area contributed by atoms with Crippen molar-refractivity contribution in [3.63, 3.8) is 0 Å². The molecule has 0 saturated heterocycles. The van der Waals surface area contributed by atoms with Crippen LogP contribution in [0.15, 0.2) is 53.4 Å². The molecule has 27 heavy (non-hydrogen) atoms. The van der Waals surface area contributed by atoms with E-state index in [4.69, 9.17) is 5.11 Å². The van der Waals surface area contributed by atoms with Crippen molar-refractivity contribution in [1.29, 1.82) is 0 Å². The first kappa shape index (κ1) is 20.6. The maximum Gasteiger partial charge on any atom is 0.318 e. The van der Waals surface area contributed by atoms with Crippen LogP contribution in [0, 0.1) is 0 Å². The Labute approximate surface area is 158 Å². The summed E-state index contributed by atoms with van der Waals surface area (Å²) in [6.45, 7) is 1.43. The lowest BCUT2D eigenvalue weighted by molar-refractivity contribution is -0.135. The van der Waals surface area contributed by atoms with Crippen LogP contribution < -0.4 is 10.0 Å². The Bertz CT molecular complexity index is 891. The summed E-state index contributed by atoms with van der Waals surface area (Å²) in [6.07, 6.45) is 3.19. The Kier molecular flexibility index (Phi) is 7.09. The zero-order valence-electron chi connectivity index (χ0n) is 14.9. The summed E-state index contributed by atoms with van der Waals surface area (Å²) in [5.74, 6) is -1.57. The number of carboxylic acids is 1. The van der Waals surface area contributed by atoms with Crippen LogP contribution in [-0.2, 0) is 21.2 Å². The van der Waals surface area contributed by atoms with Gasteiger partial charge in [0.05, 0.1) is 4.90 Å². The number of carbonyl (C=O) groups excluding carboxylic acids is 1. The molecule has 2 aromatic carbocycles. The van der Waals surface area contributed by atoms with E-state index < -0.39 is 22.5 Å². The van der Waals surface area contributed by atoms with Crippen molar-refractivity contribution in [2.75, 3.05) is 11.9 Å². The third-order valence-electron chi connectivity index (χ3n) is 3.87. The highest BCUT2D eigenvalue weighted by Crippen LogP contribution is 2.15. The number of hydrogen-bond acceptors (Lipinski definition) is 4. The number of amides is 1. The number of carboxylic acid groups (broad SMARTS) is 1. The molecule has 0 atom stereocenters. The van der Waals surface area contributed by atoms with Crippen molar-refractivity contribution >= 4 is 27.6 Å². The first-order valence-corrected chi connectivity index (χ1v) is 10.0. The maximum absolute atomic E-state index is 12.3. The van der Waals surface area contributed by atoms with E-state index >= 15 is 0 Å². The number of sulfonamides is 1. The summed E-state index contributed by atoms with van der Waals surface area (Å²) in [4.78, 5) is 22.7. The maximum atomic E-state index is 12.3. The number of rotatable bonds is 9. The molecule has 0 heterocycles. The van der Waals surface area contributed by atoms with E-state index in [0.29, 0.717) is 11.3 Å². The van der Waals surface area contributed by atoms with Gasteiger partial charge < -0.3 is 10.4 Å². The third-order valence-corrected chi connectivity index (χ3v) is 5.29. The minimum absolute atomic E-state index is 0.0815. The number of unbranched alkanes of at least 4 members (excludes halogenated alkanes) is 1. The number of aryl methyl sites for hydroxylation is 1. The van der Waals surface area contributed by atoms with Crippen LogP contribution in [0.3, 0.4) is 0 Å². The second kappa shape index (κ2) is 9.29. The van der Waals surface area contributed by atoms with Gasteiger partial charge in [0.15, 0.2) is 0 Å². The first-order chi connectivity index (χ1) is 12.8. The average molecular weight is 390 g/mol. The van der Waals surface area contributed by atoms with Gasteiger partial charge in [-0.15, -0.1) is 0 Å². The topological polar surface area (TPSA) is 113 Å². The molecule has 0 bridgehead atoms. The predicted octanol–water partition coefficient (Wildman–Crippen LogP) is 2.64. The molecule has 0 aliphatic carbocycles. The van der Waals surface area contributed by atoms with Crippen molar-refractivity contribution in [3.8, 4) is 0 Å². The third kappa shape index (κ3) is 6.19. The smallest absolute Gasteiger partial charge is 0.318 e. The van der Waals surface area contributed by atoms with Crippen molar-refractivity contribution in [2.24, 2.45) is 0 Å². The van der Waals surface area contributed by atoms with Crippen LogP contribution in [0.2, 0.25) is 0 Å². The summed E-state index contributed by atoms with van der Waals surface area (Å²) in [5, 5.41) is 11.3. The van der Waals surface area contributed by atoms with Crippen molar-refractivity contribution in [1.82, 2.24) is 4.72 Å².